The summed E-state index contributed by atoms with van der Waals surface area (Å²) in [6.45, 7) is 4.70. The van der Waals surface area contributed by atoms with Gasteiger partial charge in [-0.05, 0) is 49.9 Å². The van der Waals surface area contributed by atoms with Crippen molar-refractivity contribution < 1.29 is 17.9 Å². The number of halogens is 1. The number of rotatable bonds is 8. The van der Waals surface area contributed by atoms with E-state index in [1.165, 1.54) is 6.07 Å². The number of nitrogens with one attached hydrogen (secondary N) is 3. The highest BCUT2D eigenvalue weighted by molar-refractivity contribution is 7.92. The SMILES string of the molecule is CCNC(C)Oc1ccc(NC(=O)c2ccccc2NS(C)(=O)=O)cc1.Cl. The van der Waals surface area contributed by atoms with Crippen molar-refractivity contribution in [2.45, 2.75) is 20.1 Å². The molecule has 3 N–H and O–H groups in total. The maximum atomic E-state index is 12.5. The van der Waals surface area contributed by atoms with Gasteiger partial charge in [0, 0.05) is 5.69 Å². The van der Waals surface area contributed by atoms with Crippen LogP contribution in [0, 0.1) is 0 Å². The molecule has 2 aromatic rings. The van der Waals surface area contributed by atoms with E-state index >= 15 is 0 Å². The van der Waals surface area contributed by atoms with Crippen LogP contribution in [0.2, 0.25) is 0 Å². The minimum atomic E-state index is -3.48. The Morgan fingerprint density at radius 3 is 2.33 bits per heavy atom. The van der Waals surface area contributed by atoms with Crippen molar-refractivity contribution in [1.82, 2.24) is 5.32 Å². The lowest BCUT2D eigenvalue weighted by atomic mass is 10.1. The van der Waals surface area contributed by atoms with Gasteiger partial charge in [0.2, 0.25) is 10.0 Å². The number of sulfonamides is 1. The molecule has 0 saturated carbocycles. The maximum absolute atomic E-state index is 12.5. The van der Waals surface area contributed by atoms with Crippen LogP contribution >= 0.6 is 12.4 Å². The highest BCUT2D eigenvalue weighted by atomic mass is 35.5. The first-order valence-corrected chi connectivity index (χ1v) is 10.1. The molecule has 0 radical (unpaired) electrons. The number of ether oxygens (including phenoxy) is 1. The van der Waals surface area contributed by atoms with Crippen molar-refractivity contribution in [1.29, 1.82) is 0 Å². The van der Waals surface area contributed by atoms with Crippen LogP contribution in [0.4, 0.5) is 11.4 Å². The number of carbonyl (C=O) groups is 1. The van der Waals surface area contributed by atoms with Crippen LogP contribution in [0.3, 0.4) is 0 Å². The second kappa shape index (κ2) is 10.1. The van der Waals surface area contributed by atoms with Gasteiger partial charge >= 0.3 is 0 Å². The number of carbonyl (C=O) groups excluding carboxylic acids is 1. The van der Waals surface area contributed by atoms with Gasteiger partial charge in [-0.2, -0.15) is 0 Å². The predicted molar refractivity (Wildman–Crippen MR) is 110 cm³/mol. The summed E-state index contributed by atoms with van der Waals surface area (Å²) in [7, 11) is -3.48. The number of hydrogen-bond acceptors (Lipinski definition) is 5. The first-order valence-electron chi connectivity index (χ1n) is 8.17. The largest absolute Gasteiger partial charge is 0.476 e. The fourth-order valence-electron chi connectivity index (χ4n) is 2.32. The van der Waals surface area contributed by atoms with Crippen molar-refractivity contribution in [2.24, 2.45) is 0 Å². The standard InChI is InChI=1S/C18H23N3O4S.ClH/c1-4-19-13(2)25-15-11-9-14(10-12-15)20-18(22)16-7-5-6-8-17(16)21-26(3,23)24;/h5-13,19,21H,4H2,1-3H3,(H,20,22);1H. The molecule has 9 heteroatoms. The fourth-order valence-corrected chi connectivity index (χ4v) is 2.90. The number of para-hydroxylation sites is 1. The summed E-state index contributed by atoms with van der Waals surface area (Å²) in [6, 6.07) is 13.4. The van der Waals surface area contributed by atoms with E-state index in [9.17, 15) is 13.2 Å². The average molecular weight is 414 g/mol. The topological polar surface area (TPSA) is 96.5 Å². The van der Waals surface area contributed by atoms with E-state index in [0.717, 1.165) is 12.8 Å². The monoisotopic (exact) mass is 413 g/mol. The molecular formula is C18H24ClN3O4S. The third-order valence-corrected chi connectivity index (χ3v) is 3.97. The summed E-state index contributed by atoms with van der Waals surface area (Å²) in [5, 5.41) is 5.88. The Morgan fingerprint density at radius 2 is 1.74 bits per heavy atom. The molecular weight excluding hydrogens is 390 g/mol. The normalized spacial score (nSPS) is 11.8. The Bertz CT molecular complexity index is 857. The molecule has 1 amide bonds. The van der Waals surface area contributed by atoms with Crippen molar-refractivity contribution in [2.75, 3.05) is 22.8 Å². The van der Waals surface area contributed by atoms with Crippen LogP contribution < -0.4 is 20.1 Å². The summed E-state index contributed by atoms with van der Waals surface area (Å²) in [4.78, 5) is 12.5. The van der Waals surface area contributed by atoms with Crippen molar-refractivity contribution in [3.05, 3.63) is 54.1 Å². The van der Waals surface area contributed by atoms with E-state index in [2.05, 4.69) is 15.4 Å². The highest BCUT2D eigenvalue weighted by Crippen LogP contribution is 2.20. The van der Waals surface area contributed by atoms with E-state index in [0.29, 0.717) is 11.4 Å². The Labute approximate surface area is 166 Å². The Balaban J connectivity index is 0.00000364. The molecule has 0 aliphatic heterocycles. The van der Waals surface area contributed by atoms with Crippen LogP contribution in [0.1, 0.15) is 24.2 Å². The van der Waals surface area contributed by atoms with E-state index in [1.54, 1.807) is 42.5 Å². The van der Waals surface area contributed by atoms with Gasteiger partial charge in [-0.3, -0.25) is 14.8 Å². The molecule has 0 fully saturated rings. The number of hydrogen-bond donors (Lipinski definition) is 3. The zero-order valence-corrected chi connectivity index (χ0v) is 17.0. The van der Waals surface area contributed by atoms with Gasteiger partial charge in [0.15, 0.2) is 0 Å². The summed E-state index contributed by atoms with van der Waals surface area (Å²) in [5.74, 6) is 0.266. The summed E-state index contributed by atoms with van der Waals surface area (Å²) >= 11 is 0. The Hall–Kier alpha value is -2.29. The number of anilines is 2. The zero-order chi connectivity index (χ0) is 19.2. The van der Waals surface area contributed by atoms with Gasteiger partial charge < -0.3 is 10.1 Å². The molecule has 7 nitrogen and oxygen atoms in total. The Morgan fingerprint density at radius 1 is 1.11 bits per heavy atom. The molecule has 0 aliphatic rings. The minimum absolute atomic E-state index is 0. The molecule has 1 atom stereocenters. The highest BCUT2D eigenvalue weighted by Gasteiger charge is 2.14. The Kier molecular flexibility index (Phi) is 8.55. The average Bonchev–Trinajstić information content (AvgIpc) is 2.56. The zero-order valence-electron chi connectivity index (χ0n) is 15.4. The molecule has 0 aliphatic carbocycles. The third kappa shape index (κ3) is 7.46. The minimum Gasteiger partial charge on any atom is -0.476 e. The predicted octanol–water partition coefficient (Wildman–Crippen LogP) is 3.07. The maximum Gasteiger partial charge on any atom is 0.257 e. The third-order valence-electron chi connectivity index (χ3n) is 3.38. The van der Waals surface area contributed by atoms with Crippen LogP contribution in [0.15, 0.2) is 48.5 Å². The van der Waals surface area contributed by atoms with Gasteiger partial charge in [0.05, 0.1) is 17.5 Å². The first-order chi connectivity index (χ1) is 12.3. The molecule has 148 valence electrons. The van der Waals surface area contributed by atoms with E-state index in [4.69, 9.17) is 4.74 Å². The molecule has 0 spiro atoms. The molecule has 1 unspecified atom stereocenters. The summed E-state index contributed by atoms with van der Waals surface area (Å²) < 4.78 is 30.9. The van der Waals surface area contributed by atoms with Crippen LogP contribution in [0.5, 0.6) is 5.75 Å². The van der Waals surface area contributed by atoms with Gasteiger partial charge in [-0.1, -0.05) is 19.1 Å². The second-order valence-electron chi connectivity index (χ2n) is 5.72. The lowest BCUT2D eigenvalue weighted by Crippen LogP contribution is -2.30. The van der Waals surface area contributed by atoms with Crippen LogP contribution in [0.25, 0.3) is 0 Å². The van der Waals surface area contributed by atoms with E-state index in [1.807, 2.05) is 13.8 Å². The molecule has 2 rings (SSSR count). The molecule has 0 heterocycles. The van der Waals surface area contributed by atoms with Gasteiger partial charge in [0.1, 0.15) is 12.0 Å². The lowest BCUT2D eigenvalue weighted by molar-refractivity contribution is 0.102. The lowest BCUT2D eigenvalue weighted by Gasteiger charge is -2.15. The quantitative estimate of drug-likeness (QED) is 0.578. The summed E-state index contributed by atoms with van der Waals surface area (Å²) in [5.41, 5.74) is 1.04. The van der Waals surface area contributed by atoms with E-state index < -0.39 is 15.9 Å². The molecule has 27 heavy (non-hydrogen) atoms. The number of benzene rings is 2. The van der Waals surface area contributed by atoms with Crippen LogP contribution in [-0.4, -0.2) is 33.4 Å². The molecule has 0 saturated heterocycles. The summed E-state index contributed by atoms with van der Waals surface area (Å²) in [6.07, 6.45) is 0.920. The molecule has 0 aromatic heterocycles. The van der Waals surface area contributed by atoms with Crippen molar-refractivity contribution in [3.63, 3.8) is 0 Å². The van der Waals surface area contributed by atoms with Gasteiger partial charge in [-0.15, -0.1) is 12.4 Å². The van der Waals surface area contributed by atoms with E-state index in [-0.39, 0.29) is 29.9 Å². The smallest absolute Gasteiger partial charge is 0.257 e. The van der Waals surface area contributed by atoms with Gasteiger partial charge in [-0.25, -0.2) is 8.42 Å². The van der Waals surface area contributed by atoms with Gasteiger partial charge in [0.25, 0.3) is 5.91 Å². The number of amides is 1. The second-order valence-corrected chi connectivity index (χ2v) is 7.46. The fraction of sp³-hybridized carbons (Fsp3) is 0.278. The van der Waals surface area contributed by atoms with Crippen molar-refractivity contribution >= 4 is 39.7 Å². The molecule has 0 bridgehead atoms. The molecule has 2 aromatic carbocycles. The van der Waals surface area contributed by atoms with Crippen molar-refractivity contribution in [3.8, 4) is 5.75 Å². The van der Waals surface area contributed by atoms with Crippen LogP contribution in [-0.2, 0) is 10.0 Å². The first kappa shape index (κ1) is 22.8.